The molecule has 1 atom stereocenters. The van der Waals surface area contributed by atoms with E-state index in [1.807, 2.05) is 44.2 Å². The maximum Gasteiger partial charge on any atom is 0.215 e. The van der Waals surface area contributed by atoms with E-state index in [4.69, 9.17) is 16.3 Å². The molecule has 21 heavy (non-hydrogen) atoms. The van der Waals surface area contributed by atoms with Crippen molar-refractivity contribution >= 4 is 17.4 Å². The molecule has 0 N–H and O–H groups in total. The standard InChI is InChI=1S/C16H19ClN2O2/c1-3-10-19-14(13(17)11-18-19)15(20)16(21-4-2)12-8-6-5-7-9-12/h5-9,11,16H,3-4,10H2,1-2H3. The number of Topliss-reactive ketones (excluding diaryl/α,β-unsaturated/α-hetero) is 1. The molecule has 0 aliphatic rings. The van der Waals surface area contributed by atoms with E-state index in [0.717, 1.165) is 12.0 Å². The Balaban J connectivity index is 2.37. The third-order valence-electron chi connectivity index (χ3n) is 3.14. The minimum absolute atomic E-state index is 0.154. The van der Waals surface area contributed by atoms with Crippen LogP contribution in [-0.2, 0) is 11.3 Å². The van der Waals surface area contributed by atoms with Crippen molar-refractivity contribution in [1.82, 2.24) is 9.78 Å². The number of halogens is 1. The number of aryl methyl sites for hydroxylation is 1. The van der Waals surface area contributed by atoms with Crippen molar-refractivity contribution in [2.45, 2.75) is 32.9 Å². The molecule has 5 heteroatoms. The fraction of sp³-hybridized carbons (Fsp3) is 0.375. The van der Waals surface area contributed by atoms with E-state index in [0.29, 0.717) is 23.9 Å². The lowest BCUT2D eigenvalue weighted by molar-refractivity contribution is 0.0442. The molecule has 0 radical (unpaired) electrons. The molecular weight excluding hydrogens is 288 g/mol. The van der Waals surface area contributed by atoms with E-state index in [-0.39, 0.29) is 5.78 Å². The molecule has 1 aromatic heterocycles. The van der Waals surface area contributed by atoms with Crippen LogP contribution in [0, 0.1) is 0 Å². The lowest BCUT2D eigenvalue weighted by atomic mass is 10.0. The maximum absolute atomic E-state index is 12.8. The molecule has 0 saturated carbocycles. The Morgan fingerprint density at radius 3 is 2.67 bits per heavy atom. The summed E-state index contributed by atoms with van der Waals surface area (Å²) in [5.74, 6) is -0.154. The molecule has 112 valence electrons. The molecule has 1 aromatic carbocycles. The lowest BCUT2D eigenvalue weighted by Crippen LogP contribution is -2.20. The molecule has 1 heterocycles. The normalized spacial score (nSPS) is 12.3. The Morgan fingerprint density at radius 2 is 2.05 bits per heavy atom. The van der Waals surface area contributed by atoms with Gasteiger partial charge < -0.3 is 4.74 Å². The highest BCUT2D eigenvalue weighted by Crippen LogP contribution is 2.26. The number of rotatable bonds is 7. The van der Waals surface area contributed by atoms with Crippen LogP contribution < -0.4 is 0 Å². The highest BCUT2D eigenvalue weighted by molar-refractivity contribution is 6.33. The zero-order chi connectivity index (χ0) is 15.2. The summed E-state index contributed by atoms with van der Waals surface area (Å²) in [4.78, 5) is 12.8. The number of aromatic nitrogens is 2. The molecule has 0 aliphatic carbocycles. The van der Waals surface area contributed by atoms with Crippen LogP contribution in [0.2, 0.25) is 5.02 Å². The molecule has 2 rings (SSSR count). The number of benzene rings is 1. The van der Waals surface area contributed by atoms with Gasteiger partial charge in [-0.25, -0.2) is 0 Å². The van der Waals surface area contributed by atoms with Crippen molar-refractivity contribution in [3.8, 4) is 0 Å². The summed E-state index contributed by atoms with van der Waals surface area (Å²) in [6, 6.07) is 9.45. The first kappa shape index (κ1) is 15.7. The molecule has 0 saturated heterocycles. The summed E-state index contributed by atoms with van der Waals surface area (Å²) >= 11 is 6.15. The second kappa shape index (κ2) is 7.38. The van der Waals surface area contributed by atoms with E-state index >= 15 is 0 Å². The predicted molar refractivity (Wildman–Crippen MR) is 82.7 cm³/mol. The topological polar surface area (TPSA) is 44.1 Å². The van der Waals surface area contributed by atoms with Gasteiger partial charge in [0.2, 0.25) is 5.78 Å². The van der Waals surface area contributed by atoms with Gasteiger partial charge >= 0.3 is 0 Å². The summed E-state index contributed by atoms with van der Waals surface area (Å²) in [5, 5.41) is 4.54. The second-order valence-electron chi connectivity index (χ2n) is 4.67. The minimum atomic E-state index is -0.652. The number of carbonyl (C=O) groups excluding carboxylic acids is 1. The van der Waals surface area contributed by atoms with Crippen molar-refractivity contribution in [1.29, 1.82) is 0 Å². The lowest BCUT2D eigenvalue weighted by Gasteiger charge is -2.17. The first-order valence-corrected chi connectivity index (χ1v) is 7.48. The molecule has 4 nitrogen and oxygen atoms in total. The van der Waals surface area contributed by atoms with Crippen LogP contribution in [0.4, 0.5) is 0 Å². The Bertz CT molecular complexity index is 596. The molecule has 2 aromatic rings. The van der Waals surface area contributed by atoms with Gasteiger partial charge in [-0.2, -0.15) is 5.10 Å². The van der Waals surface area contributed by atoms with Gasteiger partial charge in [-0.1, -0.05) is 48.9 Å². The van der Waals surface area contributed by atoms with Crippen molar-refractivity contribution < 1.29 is 9.53 Å². The zero-order valence-electron chi connectivity index (χ0n) is 12.3. The molecule has 0 spiro atoms. The molecule has 0 bridgehead atoms. The Morgan fingerprint density at radius 1 is 1.33 bits per heavy atom. The molecule has 0 fully saturated rings. The van der Waals surface area contributed by atoms with Gasteiger partial charge in [-0.3, -0.25) is 9.48 Å². The van der Waals surface area contributed by atoms with Crippen molar-refractivity contribution in [2.24, 2.45) is 0 Å². The van der Waals surface area contributed by atoms with Gasteiger partial charge in [-0.05, 0) is 18.9 Å². The van der Waals surface area contributed by atoms with Crippen molar-refractivity contribution in [3.05, 3.63) is 52.8 Å². The summed E-state index contributed by atoms with van der Waals surface area (Å²) in [6.07, 6.45) is 1.74. The molecule has 0 aliphatic heterocycles. The Hall–Kier alpha value is -1.65. The first-order chi connectivity index (χ1) is 10.2. The summed E-state index contributed by atoms with van der Waals surface area (Å²) in [6.45, 7) is 5.00. The Kier molecular flexibility index (Phi) is 5.53. The van der Waals surface area contributed by atoms with Gasteiger partial charge in [0.05, 0.1) is 11.2 Å². The number of hydrogen-bond acceptors (Lipinski definition) is 3. The summed E-state index contributed by atoms with van der Waals surface area (Å²) in [7, 11) is 0. The smallest absolute Gasteiger partial charge is 0.215 e. The van der Waals surface area contributed by atoms with Crippen LogP contribution in [0.25, 0.3) is 0 Å². The SMILES string of the molecule is CCCn1ncc(Cl)c1C(=O)C(OCC)c1ccccc1. The van der Waals surface area contributed by atoms with Gasteiger partial charge in [0.1, 0.15) is 11.8 Å². The highest BCUT2D eigenvalue weighted by atomic mass is 35.5. The zero-order valence-corrected chi connectivity index (χ0v) is 13.0. The van der Waals surface area contributed by atoms with Gasteiger partial charge in [0.25, 0.3) is 0 Å². The van der Waals surface area contributed by atoms with E-state index < -0.39 is 6.10 Å². The fourth-order valence-electron chi connectivity index (χ4n) is 2.23. The number of ether oxygens (including phenoxy) is 1. The maximum atomic E-state index is 12.8. The summed E-state index contributed by atoms with van der Waals surface area (Å²) < 4.78 is 7.30. The van der Waals surface area contributed by atoms with E-state index in [1.165, 1.54) is 6.20 Å². The van der Waals surface area contributed by atoms with Crippen LogP contribution in [-0.4, -0.2) is 22.2 Å². The van der Waals surface area contributed by atoms with E-state index in [2.05, 4.69) is 5.10 Å². The number of ketones is 1. The molecular formula is C16H19ClN2O2. The predicted octanol–water partition coefficient (Wildman–Crippen LogP) is 3.91. The fourth-order valence-corrected chi connectivity index (χ4v) is 2.47. The minimum Gasteiger partial charge on any atom is -0.366 e. The van der Waals surface area contributed by atoms with Crippen molar-refractivity contribution in [3.63, 3.8) is 0 Å². The third kappa shape index (κ3) is 3.52. The van der Waals surface area contributed by atoms with Gasteiger partial charge in [0, 0.05) is 13.2 Å². The molecule has 1 unspecified atom stereocenters. The van der Waals surface area contributed by atoms with Crippen LogP contribution >= 0.6 is 11.6 Å². The highest BCUT2D eigenvalue weighted by Gasteiger charge is 2.27. The Labute approximate surface area is 129 Å². The number of nitrogens with zero attached hydrogens (tertiary/aromatic N) is 2. The molecule has 0 amide bonds. The number of carbonyl (C=O) groups is 1. The van der Waals surface area contributed by atoms with Crippen LogP contribution in [0.15, 0.2) is 36.5 Å². The van der Waals surface area contributed by atoms with Gasteiger partial charge in [-0.15, -0.1) is 0 Å². The summed E-state index contributed by atoms with van der Waals surface area (Å²) in [5.41, 5.74) is 1.24. The van der Waals surface area contributed by atoms with Gasteiger partial charge in [0.15, 0.2) is 0 Å². The first-order valence-electron chi connectivity index (χ1n) is 7.11. The third-order valence-corrected chi connectivity index (χ3v) is 3.41. The van der Waals surface area contributed by atoms with E-state index in [1.54, 1.807) is 4.68 Å². The van der Waals surface area contributed by atoms with E-state index in [9.17, 15) is 4.79 Å². The second-order valence-corrected chi connectivity index (χ2v) is 5.08. The largest absolute Gasteiger partial charge is 0.366 e. The quantitative estimate of drug-likeness (QED) is 0.729. The van der Waals surface area contributed by atoms with Crippen LogP contribution in [0.5, 0.6) is 0 Å². The average molecular weight is 307 g/mol. The monoisotopic (exact) mass is 306 g/mol. The van der Waals surface area contributed by atoms with Crippen LogP contribution in [0.3, 0.4) is 0 Å². The van der Waals surface area contributed by atoms with Crippen molar-refractivity contribution in [2.75, 3.05) is 6.61 Å². The number of hydrogen-bond donors (Lipinski definition) is 0. The van der Waals surface area contributed by atoms with Crippen LogP contribution in [0.1, 0.15) is 42.4 Å². The average Bonchev–Trinajstić information content (AvgIpc) is 2.86.